The van der Waals surface area contributed by atoms with Crippen LogP contribution in [0.1, 0.15) is 12.0 Å². The third kappa shape index (κ3) is 1.87. The summed E-state index contributed by atoms with van der Waals surface area (Å²) in [5.41, 5.74) is 2.30. The van der Waals surface area contributed by atoms with Crippen molar-refractivity contribution in [1.29, 1.82) is 0 Å². The van der Waals surface area contributed by atoms with E-state index < -0.39 is 0 Å². The summed E-state index contributed by atoms with van der Waals surface area (Å²) in [6, 6.07) is 8.31. The van der Waals surface area contributed by atoms with E-state index in [2.05, 4.69) is 25.1 Å². The SMILES string of the molecule is [CH2]C=CCCc1ccc2occc2c1. The van der Waals surface area contributed by atoms with E-state index in [1.807, 2.05) is 18.2 Å². The van der Waals surface area contributed by atoms with Crippen molar-refractivity contribution in [2.45, 2.75) is 12.8 Å². The van der Waals surface area contributed by atoms with E-state index in [9.17, 15) is 0 Å². The van der Waals surface area contributed by atoms with Gasteiger partial charge >= 0.3 is 0 Å². The number of aryl methyl sites for hydroxylation is 1. The Morgan fingerprint density at radius 1 is 1.29 bits per heavy atom. The molecule has 0 bridgehead atoms. The minimum Gasteiger partial charge on any atom is -0.464 e. The molecule has 0 saturated carbocycles. The van der Waals surface area contributed by atoms with Gasteiger partial charge in [-0.1, -0.05) is 18.2 Å². The average molecular weight is 185 g/mol. The summed E-state index contributed by atoms with van der Waals surface area (Å²) >= 11 is 0. The fourth-order valence-electron chi connectivity index (χ4n) is 1.54. The molecule has 0 fully saturated rings. The lowest BCUT2D eigenvalue weighted by Gasteiger charge is -1.97. The van der Waals surface area contributed by atoms with Crippen LogP contribution in [-0.2, 0) is 6.42 Å². The first-order valence-electron chi connectivity index (χ1n) is 4.80. The van der Waals surface area contributed by atoms with Gasteiger partial charge in [-0.25, -0.2) is 0 Å². The molecule has 0 saturated heterocycles. The molecular formula is C13H13O. The monoisotopic (exact) mass is 185 g/mol. The first-order chi connectivity index (χ1) is 6.90. The standard InChI is InChI=1S/C13H13O/c1-2-3-4-5-11-6-7-13-12(10-11)8-9-14-13/h2-3,6-10H,1,4-5H2. The molecule has 0 aliphatic carbocycles. The van der Waals surface area contributed by atoms with Gasteiger partial charge in [0, 0.05) is 5.39 Å². The van der Waals surface area contributed by atoms with E-state index >= 15 is 0 Å². The molecule has 2 aromatic rings. The summed E-state index contributed by atoms with van der Waals surface area (Å²) in [6.45, 7) is 3.66. The number of rotatable bonds is 3. The Balaban J connectivity index is 2.17. The predicted octanol–water partition coefficient (Wildman–Crippen LogP) is 3.76. The summed E-state index contributed by atoms with van der Waals surface area (Å²) in [5.74, 6) is 0. The molecule has 1 aromatic heterocycles. The molecule has 1 aromatic carbocycles. The maximum Gasteiger partial charge on any atom is 0.133 e. The molecule has 0 amide bonds. The van der Waals surface area contributed by atoms with E-state index in [1.165, 1.54) is 10.9 Å². The van der Waals surface area contributed by atoms with Crippen molar-refractivity contribution in [2.75, 3.05) is 0 Å². The van der Waals surface area contributed by atoms with Crippen molar-refractivity contribution in [3.05, 3.63) is 55.2 Å². The molecule has 1 heterocycles. The third-order valence-electron chi connectivity index (χ3n) is 2.28. The Kier molecular flexibility index (Phi) is 2.68. The second-order valence-electron chi connectivity index (χ2n) is 3.30. The second kappa shape index (κ2) is 4.14. The first kappa shape index (κ1) is 9.07. The zero-order chi connectivity index (χ0) is 9.80. The minimum absolute atomic E-state index is 0.960. The van der Waals surface area contributed by atoms with Gasteiger partial charge in [-0.2, -0.15) is 0 Å². The quantitative estimate of drug-likeness (QED) is 0.709. The number of furan rings is 1. The Bertz CT molecular complexity index is 437. The molecule has 0 atom stereocenters. The normalized spacial score (nSPS) is 11.5. The number of hydrogen-bond acceptors (Lipinski definition) is 1. The minimum atomic E-state index is 0.960. The van der Waals surface area contributed by atoms with Gasteiger partial charge < -0.3 is 4.42 Å². The number of allylic oxidation sites excluding steroid dienone is 2. The molecule has 2 rings (SSSR count). The van der Waals surface area contributed by atoms with Crippen LogP contribution in [0, 0.1) is 6.92 Å². The molecule has 1 heteroatoms. The molecule has 1 radical (unpaired) electrons. The van der Waals surface area contributed by atoms with E-state index in [4.69, 9.17) is 4.42 Å². The van der Waals surface area contributed by atoms with E-state index in [0.717, 1.165) is 18.4 Å². The molecule has 0 spiro atoms. The van der Waals surface area contributed by atoms with Crippen LogP contribution in [0.15, 0.2) is 47.1 Å². The topological polar surface area (TPSA) is 13.1 Å². The first-order valence-corrected chi connectivity index (χ1v) is 4.80. The van der Waals surface area contributed by atoms with Gasteiger partial charge in [-0.15, -0.1) is 0 Å². The molecule has 0 unspecified atom stereocenters. The van der Waals surface area contributed by atoms with Crippen LogP contribution < -0.4 is 0 Å². The molecule has 14 heavy (non-hydrogen) atoms. The Morgan fingerprint density at radius 2 is 2.21 bits per heavy atom. The summed E-state index contributed by atoms with van der Waals surface area (Å²) in [5, 5.41) is 1.18. The van der Waals surface area contributed by atoms with Gasteiger partial charge in [0.2, 0.25) is 0 Å². The summed E-state index contributed by atoms with van der Waals surface area (Å²) in [4.78, 5) is 0. The summed E-state index contributed by atoms with van der Waals surface area (Å²) in [7, 11) is 0. The highest BCUT2D eigenvalue weighted by Crippen LogP contribution is 2.17. The molecule has 0 N–H and O–H groups in total. The summed E-state index contributed by atoms with van der Waals surface area (Å²) in [6.07, 6.45) is 7.76. The van der Waals surface area contributed by atoms with Gasteiger partial charge in [-0.05, 0) is 43.5 Å². The molecule has 0 aliphatic heterocycles. The van der Waals surface area contributed by atoms with E-state index in [0.29, 0.717) is 0 Å². The van der Waals surface area contributed by atoms with Crippen molar-refractivity contribution in [1.82, 2.24) is 0 Å². The lowest BCUT2D eigenvalue weighted by Crippen LogP contribution is -1.81. The van der Waals surface area contributed by atoms with Crippen LogP contribution in [-0.4, -0.2) is 0 Å². The van der Waals surface area contributed by atoms with E-state index in [1.54, 1.807) is 6.26 Å². The van der Waals surface area contributed by atoms with Crippen LogP contribution in [0.4, 0.5) is 0 Å². The number of fused-ring (bicyclic) bond motifs is 1. The van der Waals surface area contributed by atoms with Crippen LogP contribution in [0.25, 0.3) is 11.0 Å². The largest absolute Gasteiger partial charge is 0.464 e. The lowest BCUT2D eigenvalue weighted by molar-refractivity contribution is 0.616. The predicted molar refractivity (Wildman–Crippen MR) is 59.0 cm³/mol. The van der Waals surface area contributed by atoms with Crippen molar-refractivity contribution in [2.24, 2.45) is 0 Å². The van der Waals surface area contributed by atoms with E-state index in [-0.39, 0.29) is 0 Å². The van der Waals surface area contributed by atoms with Gasteiger partial charge in [-0.3, -0.25) is 0 Å². The highest BCUT2D eigenvalue weighted by molar-refractivity contribution is 5.77. The van der Waals surface area contributed by atoms with Crippen molar-refractivity contribution in [3.8, 4) is 0 Å². The fraction of sp³-hybridized carbons (Fsp3) is 0.154. The van der Waals surface area contributed by atoms with Crippen LogP contribution in [0.2, 0.25) is 0 Å². The van der Waals surface area contributed by atoms with Gasteiger partial charge in [0.05, 0.1) is 6.26 Å². The fourth-order valence-corrected chi connectivity index (χ4v) is 1.54. The lowest BCUT2D eigenvalue weighted by atomic mass is 10.1. The molecule has 71 valence electrons. The highest BCUT2D eigenvalue weighted by atomic mass is 16.3. The maximum atomic E-state index is 5.27. The maximum absolute atomic E-state index is 5.27. The van der Waals surface area contributed by atoms with Crippen LogP contribution >= 0.6 is 0 Å². The zero-order valence-corrected chi connectivity index (χ0v) is 8.07. The van der Waals surface area contributed by atoms with Gasteiger partial charge in [0.25, 0.3) is 0 Å². The Labute approximate surface area is 84.0 Å². The molecular weight excluding hydrogens is 172 g/mol. The van der Waals surface area contributed by atoms with Crippen LogP contribution in [0.5, 0.6) is 0 Å². The summed E-state index contributed by atoms with van der Waals surface area (Å²) < 4.78 is 5.27. The third-order valence-corrected chi connectivity index (χ3v) is 2.28. The van der Waals surface area contributed by atoms with Gasteiger partial charge in [0.15, 0.2) is 0 Å². The second-order valence-corrected chi connectivity index (χ2v) is 3.30. The number of benzene rings is 1. The van der Waals surface area contributed by atoms with Crippen molar-refractivity contribution < 1.29 is 4.42 Å². The Hall–Kier alpha value is -1.50. The van der Waals surface area contributed by atoms with Crippen LogP contribution in [0.3, 0.4) is 0 Å². The Morgan fingerprint density at radius 3 is 3.07 bits per heavy atom. The van der Waals surface area contributed by atoms with Crippen molar-refractivity contribution >= 4 is 11.0 Å². The molecule has 1 nitrogen and oxygen atoms in total. The smallest absolute Gasteiger partial charge is 0.133 e. The molecule has 0 aliphatic rings. The highest BCUT2D eigenvalue weighted by Gasteiger charge is 1.97. The zero-order valence-electron chi connectivity index (χ0n) is 8.07. The average Bonchev–Trinajstić information content (AvgIpc) is 2.65. The van der Waals surface area contributed by atoms with Crippen molar-refractivity contribution in [3.63, 3.8) is 0 Å². The number of hydrogen-bond donors (Lipinski definition) is 0. The van der Waals surface area contributed by atoms with Gasteiger partial charge in [0.1, 0.15) is 5.58 Å².